The summed E-state index contributed by atoms with van der Waals surface area (Å²) >= 11 is 1.42. The highest BCUT2D eigenvalue weighted by molar-refractivity contribution is 7.99. The second kappa shape index (κ2) is 11.2. The Morgan fingerprint density at radius 3 is 2.64 bits per heavy atom. The molecule has 8 nitrogen and oxygen atoms in total. The minimum Gasteiger partial charge on any atom is -0.493 e. The maximum absolute atomic E-state index is 12.5. The number of nitrogens with one attached hydrogen (secondary N) is 1. The first-order valence-electron chi connectivity index (χ1n) is 11.2. The number of hydrogen-bond donors (Lipinski definition) is 1. The van der Waals surface area contributed by atoms with E-state index in [-0.39, 0.29) is 11.7 Å². The van der Waals surface area contributed by atoms with Crippen LogP contribution in [0.2, 0.25) is 0 Å². The van der Waals surface area contributed by atoms with Crippen LogP contribution < -0.4 is 14.8 Å². The molecule has 0 atom stereocenters. The molecule has 174 valence electrons. The Labute approximate surface area is 198 Å². The third-order valence-electron chi connectivity index (χ3n) is 5.77. The van der Waals surface area contributed by atoms with Crippen molar-refractivity contribution in [2.75, 3.05) is 20.0 Å². The Morgan fingerprint density at radius 2 is 1.91 bits per heavy atom. The summed E-state index contributed by atoms with van der Waals surface area (Å²) in [5.74, 6) is 2.32. The van der Waals surface area contributed by atoms with E-state index in [1.54, 1.807) is 20.4 Å². The topological polar surface area (TPSA) is 91.2 Å². The van der Waals surface area contributed by atoms with Crippen molar-refractivity contribution < 1.29 is 14.3 Å². The number of carbonyl (C=O) groups is 1. The minimum absolute atomic E-state index is 0.0588. The Morgan fingerprint density at radius 1 is 1.09 bits per heavy atom. The smallest absolute Gasteiger partial charge is 0.230 e. The van der Waals surface area contributed by atoms with E-state index in [2.05, 4.69) is 25.1 Å². The predicted octanol–water partition coefficient (Wildman–Crippen LogP) is 4.27. The molecular formula is C24H29N5O3S. The molecule has 1 saturated carbocycles. The molecule has 1 fully saturated rings. The van der Waals surface area contributed by atoms with Gasteiger partial charge in [0.05, 0.1) is 32.2 Å². The quantitative estimate of drug-likeness (QED) is 0.470. The van der Waals surface area contributed by atoms with Gasteiger partial charge in [-0.1, -0.05) is 37.1 Å². The summed E-state index contributed by atoms with van der Waals surface area (Å²) in [5.41, 5.74) is 1.74. The molecule has 0 aliphatic heterocycles. The van der Waals surface area contributed by atoms with E-state index in [0.29, 0.717) is 24.1 Å². The summed E-state index contributed by atoms with van der Waals surface area (Å²) in [5, 5.41) is 12.7. The average Bonchev–Trinajstić information content (AvgIpc) is 3.31. The minimum atomic E-state index is -0.0588. The third kappa shape index (κ3) is 5.65. The van der Waals surface area contributed by atoms with E-state index in [1.165, 1.54) is 31.0 Å². The van der Waals surface area contributed by atoms with Gasteiger partial charge in [-0.25, -0.2) is 0 Å². The summed E-state index contributed by atoms with van der Waals surface area (Å²) in [4.78, 5) is 16.7. The first-order valence-corrected chi connectivity index (χ1v) is 12.1. The monoisotopic (exact) mass is 467 g/mol. The van der Waals surface area contributed by atoms with Gasteiger partial charge < -0.3 is 14.8 Å². The number of rotatable bonds is 9. The first-order chi connectivity index (χ1) is 16.2. The van der Waals surface area contributed by atoms with Crippen LogP contribution in [0.15, 0.2) is 47.8 Å². The van der Waals surface area contributed by atoms with Crippen LogP contribution in [0.1, 0.15) is 43.8 Å². The van der Waals surface area contributed by atoms with Crippen molar-refractivity contribution in [3.63, 3.8) is 0 Å². The van der Waals surface area contributed by atoms with Crippen molar-refractivity contribution in [1.82, 2.24) is 25.1 Å². The van der Waals surface area contributed by atoms with Gasteiger partial charge >= 0.3 is 0 Å². The summed E-state index contributed by atoms with van der Waals surface area (Å²) in [6.07, 6.45) is 7.50. The van der Waals surface area contributed by atoms with Crippen molar-refractivity contribution in [2.24, 2.45) is 0 Å². The molecule has 0 spiro atoms. The number of thioether (sulfide) groups is 1. The van der Waals surface area contributed by atoms with Crippen LogP contribution in [0.4, 0.5) is 0 Å². The number of benzene rings is 1. The molecule has 0 bridgehead atoms. The number of aromatic nitrogens is 4. The zero-order chi connectivity index (χ0) is 23.0. The van der Waals surface area contributed by atoms with Gasteiger partial charge in [0.15, 0.2) is 22.5 Å². The van der Waals surface area contributed by atoms with E-state index >= 15 is 0 Å². The van der Waals surface area contributed by atoms with Crippen LogP contribution in [0.25, 0.3) is 11.4 Å². The van der Waals surface area contributed by atoms with Crippen molar-refractivity contribution >= 4 is 17.7 Å². The number of pyridine rings is 1. The zero-order valence-electron chi connectivity index (χ0n) is 19.0. The average molecular weight is 468 g/mol. The molecule has 2 aromatic heterocycles. The summed E-state index contributed by atoms with van der Waals surface area (Å²) in [6.45, 7) is 0.409. The molecule has 1 aliphatic carbocycles. The SMILES string of the molecule is COc1ccc(-c2nnc(SCC(=O)NCc3ccccn3)n2C2CCCCC2)cc1OC. The molecule has 0 unspecified atom stereocenters. The van der Waals surface area contributed by atoms with Gasteiger partial charge in [0, 0.05) is 17.8 Å². The number of hydrogen-bond acceptors (Lipinski definition) is 7. The molecule has 1 aromatic carbocycles. The fourth-order valence-electron chi connectivity index (χ4n) is 4.09. The zero-order valence-corrected chi connectivity index (χ0v) is 19.8. The van der Waals surface area contributed by atoms with E-state index in [4.69, 9.17) is 9.47 Å². The Balaban J connectivity index is 1.53. The molecule has 1 N–H and O–H groups in total. The maximum Gasteiger partial charge on any atom is 0.230 e. The van der Waals surface area contributed by atoms with Crippen LogP contribution in [0.3, 0.4) is 0 Å². The molecule has 0 radical (unpaired) electrons. The molecule has 0 saturated heterocycles. The molecule has 2 heterocycles. The second-order valence-corrected chi connectivity index (χ2v) is 8.87. The fraction of sp³-hybridized carbons (Fsp3) is 0.417. The van der Waals surface area contributed by atoms with Gasteiger partial charge in [-0.15, -0.1) is 10.2 Å². The van der Waals surface area contributed by atoms with Crippen LogP contribution >= 0.6 is 11.8 Å². The standard InChI is InChI=1S/C24H29N5O3S/c1-31-20-12-11-17(14-21(20)32-2)23-27-28-24(29(23)19-9-4-3-5-10-19)33-16-22(30)26-15-18-8-6-7-13-25-18/h6-8,11-14,19H,3-5,9-10,15-16H2,1-2H3,(H,26,30). The first kappa shape index (κ1) is 23.1. The summed E-state index contributed by atoms with van der Waals surface area (Å²) < 4.78 is 13.1. The molecule has 33 heavy (non-hydrogen) atoms. The third-order valence-corrected chi connectivity index (χ3v) is 6.71. The normalized spacial score (nSPS) is 14.1. The summed E-state index contributed by atoms with van der Waals surface area (Å²) in [7, 11) is 3.24. The summed E-state index contributed by atoms with van der Waals surface area (Å²) in [6, 6.07) is 11.8. The van der Waals surface area contributed by atoms with E-state index in [9.17, 15) is 4.79 Å². The maximum atomic E-state index is 12.5. The van der Waals surface area contributed by atoms with Crippen LogP contribution in [0, 0.1) is 0 Å². The van der Waals surface area contributed by atoms with Crippen molar-refractivity contribution in [3.05, 3.63) is 48.3 Å². The lowest BCUT2D eigenvalue weighted by Gasteiger charge is -2.25. The van der Waals surface area contributed by atoms with Crippen molar-refractivity contribution in [2.45, 2.75) is 49.8 Å². The molecule has 1 amide bonds. The lowest BCUT2D eigenvalue weighted by Crippen LogP contribution is -2.25. The lowest BCUT2D eigenvalue weighted by atomic mass is 9.95. The highest BCUT2D eigenvalue weighted by atomic mass is 32.2. The van der Waals surface area contributed by atoms with Gasteiger partial charge in [-0.05, 0) is 43.2 Å². The molecule has 1 aliphatic rings. The van der Waals surface area contributed by atoms with Crippen LogP contribution in [-0.2, 0) is 11.3 Å². The van der Waals surface area contributed by atoms with E-state index in [1.807, 2.05) is 36.4 Å². The largest absolute Gasteiger partial charge is 0.493 e. The van der Waals surface area contributed by atoms with Gasteiger partial charge in [0.1, 0.15) is 0 Å². The number of carbonyl (C=O) groups excluding carboxylic acids is 1. The van der Waals surface area contributed by atoms with Crippen LogP contribution in [-0.4, -0.2) is 45.6 Å². The highest BCUT2D eigenvalue weighted by Crippen LogP contribution is 2.38. The second-order valence-electron chi connectivity index (χ2n) is 7.92. The Bertz CT molecular complexity index is 1070. The highest BCUT2D eigenvalue weighted by Gasteiger charge is 2.25. The van der Waals surface area contributed by atoms with Gasteiger partial charge in [0.25, 0.3) is 0 Å². The Hall–Kier alpha value is -3.07. The van der Waals surface area contributed by atoms with Crippen molar-refractivity contribution in [3.8, 4) is 22.9 Å². The fourth-order valence-corrected chi connectivity index (χ4v) is 4.92. The Kier molecular flexibility index (Phi) is 7.83. The number of amides is 1. The molecule has 9 heteroatoms. The van der Waals surface area contributed by atoms with E-state index in [0.717, 1.165) is 35.1 Å². The molecular weight excluding hydrogens is 438 g/mol. The molecule has 3 aromatic rings. The van der Waals surface area contributed by atoms with Gasteiger partial charge in [-0.2, -0.15) is 0 Å². The van der Waals surface area contributed by atoms with Gasteiger partial charge in [-0.3, -0.25) is 14.3 Å². The number of ether oxygens (including phenoxy) is 2. The van der Waals surface area contributed by atoms with E-state index < -0.39 is 0 Å². The van der Waals surface area contributed by atoms with Crippen LogP contribution in [0.5, 0.6) is 11.5 Å². The predicted molar refractivity (Wildman–Crippen MR) is 127 cm³/mol. The van der Waals surface area contributed by atoms with Gasteiger partial charge in [0.2, 0.25) is 5.91 Å². The number of nitrogens with zero attached hydrogens (tertiary/aromatic N) is 4. The lowest BCUT2D eigenvalue weighted by molar-refractivity contribution is -0.118. The molecule has 4 rings (SSSR count). The van der Waals surface area contributed by atoms with Crippen molar-refractivity contribution in [1.29, 1.82) is 0 Å². The number of methoxy groups -OCH3 is 2.